The molecule has 1 aliphatic heterocycles. The van der Waals surface area contributed by atoms with Gasteiger partial charge in [0.15, 0.2) is 0 Å². The normalized spacial score (nSPS) is 21.0. The summed E-state index contributed by atoms with van der Waals surface area (Å²) in [6.07, 6.45) is -3.27. The van der Waals surface area contributed by atoms with Gasteiger partial charge < -0.3 is 0 Å². The standard InChI is InChI=1S/C16H15F3N2O2S/c17-16(18,19)13-6-7-14(20-10-13)11-21-9-8-15(24(21,22)23)12-4-2-1-3-5-12/h1-7,10,15H,8-9,11H2/t15-/m0/s1. The molecule has 24 heavy (non-hydrogen) atoms. The van der Waals surface area contributed by atoms with Crippen LogP contribution < -0.4 is 0 Å². The van der Waals surface area contributed by atoms with Gasteiger partial charge in [0.1, 0.15) is 5.25 Å². The largest absolute Gasteiger partial charge is 0.417 e. The van der Waals surface area contributed by atoms with Gasteiger partial charge in [0, 0.05) is 12.7 Å². The van der Waals surface area contributed by atoms with Gasteiger partial charge in [-0.2, -0.15) is 17.5 Å². The molecule has 1 aliphatic rings. The lowest BCUT2D eigenvalue weighted by Gasteiger charge is -2.17. The Kier molecular flexibility index (Phi) is 4.35. The van der Waals surface area contributed by atoms with Crippen molar-refractivity contribution in [3.05, 3.63) is 65.5 Å². The number of rotatable bonds is 3. The zero-order valence-corrected chi connectivity index (χ0v) is 13.4. The van der Waals surface area contributed by atoms with Crippen molar-refractivity contribution in [2.75, 3.05) is 6.54 Å². The van der Waals surface area contributed by atoms with Crippen LogP contribution in [0.25, 0.3) is 0 Å². The van der Waals surface area contributed by atoms with Crippen LogP contribution in [0.4, 0.5) is 13.2 Å². The van der Waals surface area contributed by atoms with Crippen LogP contribution >= 0.6 is 0 Å². The van der Waals surface area contributed by atoms with E-state index in [-0.39, 0.29) is 6.54 Å². The number of aromatic nitrogens is 1. The Balaban J connectivity index is 1.77. The van der Waals surface area contributed by atoms with Crippen molar-refractivity contribution < 1.29 is 21.6 Å². The molecule has 0 bridgehead atoms. The molecule has 4 nitrogen and oxygen atoms in total. The van der Waals surface area contributed by atoms with Crippen molar-refractivity contribution in [3.63, 3.8) is 0 Å². The maximum atomic E-state index is 12.6. The average Bonchev–Trinajstić information content (AvgIpc) is 2.83. The summed E-state index contributed by atoms with van der Waals surface area (Å²) in [6.45, 7) is 0.300. The van der Waals surface area contributed by atoms with Crippen molar-refractivity contribution in [2.45, 2.75) is 24.4 Å². The molecule has 1 fully saturated rings. The Labute approximate surface area is 138 Å². The van der Waals surface area contributed by atoms with Crippen LogP contribution in [-0.2, 0) is 22.7 Å². The molecule has 0 unspecified atom stereocenters. The smallest absolute Gasteiger partial charge is 0.259 e. The molecule has 0 radical (unpaired) electrons. The average molecular weight is 356 g/mol. The predicted octanol–water partition coefficient (Wildman–Crippen LogP) is 3.38. The molecular weight excluding hydrogens is 341 g/mol. The van der Waals surface area contributed by atoms with Gasteiger partial charge in [-0.3, -0.25) is 4.98 Å². The topological polar surface area (TPSA) is 50.3 Å². The van der Waals surface area contributed by atoms with Crippen LogP contribution in [0.5, 0.6) is 0 Å². The number of sulfonamides is 1. The number of hydrogen-bond donors (Lipinski definition) is 0. The first-order valence-electron chi connectivity index (χ1n) is 7.34. The van der Waals surface area contributed by atoms with E-state index in [9.17, 15) is 21.6 Å². The summed E-state index contributed by atoms with van der Waals surface area (Å²) in [5, 5.41) is -0.617. The van der Waals surface area contributed by atoms with Crippen LogP contribution in [0.2, 0.25) is 0 Å². The second-order valence-electron chi connectivity index (χ2n) is 5.60. The zero-order chi connectivity index (χ0) is 17.4. The summed E-state index contributed by atoms with van der Waals surface area (Å²) in [5.41, 5.74) is 0.165. The second-order valence-corrected chi connectivity index (χ2v) is 7.72. The maximum Gasteiger partial charge on any atom is 0.417 e. The molecule has 1 aromatic carbocycles. The zero-order valence-electron chi connectivity index (χ0n) is 12.6. The highest BCUT2D eigenvalue weighted by Gasteiger charge is 2.39. The van der Waals surface area contributed by atoms with E-state index in [1.165, 1.54) is 10.4 Å². The maximum absolute atomic E-state index is 12.6. The van der Waals surface area contributed by atoms with Crippen molar-refractivity contribution >= 4 is 10.0 Å². The molecule has 1 aromatic heterocycles. The van der Waals surface area contributed by atoms with Crippen LogP contribution in [-0.4, -0.2) is 24.3 Å². The van der Waals surface area contributed by atoms with Crippen LogP contribution in [0.3, 0.4) is 0 Å². The van der Waals surface area contributed by atoms with Gasteiger partial charge in [-0.15, -0.1) is 0 Å². The van der Waals surface area contributed by atoms with Crippen LogP contribution in [0, 0.1) is 0 Å². The van der Waals surface area contributed by atoms with E-state index in [1.54, 1.807) is 24.3 Å². The lowest BCUT2D eigenvalue weighted by Crippen LogP contribution is -2.26. The van der Waals surface area contributed by atoms with Crippen molar-refractivity contribution in [3.8, 4) is 0 Å². The number of benzene rings is 1. The Bertz CT molecular complexity index is 805. The molecule has 0 N–H and O–H groups in total. The summed E-state index contributed by atoms with van der Waals surface area (Å²) in [5.74, 6) is 0. The minimum Gasteiger partial charge on any atom is -0.259 e. The highest BCUT2D eigenvalue weighted by molar-refractivity contribution is 7.89. The first kappa shape index (κ1) is 16.9. The third-order valence-corrected chi connectivity index (χ3v) is 6.28. The van der Waals surface area contributed by atoms with E-state index in [1.807, 2.05) is 6.07 Å². The van der Waals surface area contributed by atoms with Crippen molar-refractivity contribution in [1.82, 2.24) is 9.29 Å². The Morgan fingerprint density at radius 2 is 1.83 bits per heavy atom. The highest BCUT2D eigenvalue weighted by Crippen LogP contribution is 2.36. The van der Waals surface area contributed by atoms with Crippen LogP contribution in [0.1, 0.15) is 28.5 Å². The lowest BCUT2D eigenvalue weighted by molar-refractivity contribution is -0.137. The quantitative estimate of drug-likeness (QED) is 0.847. The van der Waals surface area contributed by atoms with Gasteiger partial charge in [-0.05, 0) is 24.1 Å². The third kappa shape index (κ3) is 3.29. The summed E-state index contributed by atoms with van der Waals surface area (Å²) in [6, 6.07) is 11.0. The molecule has 2 heterocycles. The second kappa shape index (κ2) is 6.18. The number of halogens is 3. The molecule has 0 amide bonds. The minimum atomic E-state index is -4.45. The highest BCUT2D eigenvalue weighted by atomic mass is 32.2. The molecule has 0 saturated carbocycles. The fourth-order valence-corrected chi connectivity index (χ4v) is 4.70. The molecule has 3 rings (SSSR count). The number of hydrogen-bond acceptors (Lipinski definition) is 3. The number of nitrogens with zero attached hydrogens (tertiary/aromatic N) is 2. The van der Waals surface area contributed by atoms with E-state index in [0.717, 1.165) is 17.8 Å². The number of pyridine rings is 1. The Hall–Kier alpha value is -1.93. The van der Waals surface area contributed by atoms with Crippen molar-refractivity contribution in [1.29, 1.82) is 0 Å². The van der Waals surface area contributed by atoms with Gasteiger partial charge in [0.25, 0.3) is 0 Å². The molecule has 0 aliphatic carbocycles. The molecule has 1 atom stereocenters. The molecule has 1 saturated heterocycles. The molecule has 2 aromatic rings. The van der Waals surface area contributed by atoms with Crippen LogP contribution in [0.15, 0.2) is 48.7 Å². The fraction of sp³-hybridized carbons (Fsp3) is 0.312. The predicted molar refractivity (Wildman–Crippen MR) is 82.4 cm³/mol. The van der Waals surface area contributed by atoms with Gasteiger partial charge in [-0.1, -0.05) is 30.3 Å². The molecule has 128 valence electrons. The lowest BCUT2D eigenvalue weighted by atomic mass is 10.1. The third-order valence-electron chi connectivity index (χ3n) is 4.02. The summed E-state index contributed by atoms with van der Waals surface area (Å²) in [7, 11) is -3.55. The first-order chi connectivity index (χ1) is 11.3. The number of alkyl halides is 3. The monoisotopic (exact) mass is 356 g/mol. The van der Waals surface area contributed by atoms with Crippen molar-refractivity contribution in [2.24, 2.45) is 0 Å². The summed E-state index contributed by atoms with van der Waals surface area (Å²) < 4.78 is 64.2. The van der Waals surface area contributed by atoms with Gasteiger partial charge in [0.2, 0.25) is 10.0 Å². The van der Waals surface area contributed by atoms with E-state index >= 15 is 0 Å². The summed E-state index contributed by atoms with van der Waals surface area (Å²) >= 11 is 0. The fourth-order valence-electron chi connectivity index (χ4n) is 2.76. The van der Waals surface area contributed by atoms with E-state index in [0.29, 0.717) is 18.7 Å². The van der Waals surface area contributed by atoms with Gasteiger partial charge in [0.05, 0.1) is 17.8 Å². The van der Waals surface area contributed by atoms with E-state index in [2.05, 4.69) is 4.98 Å². The van der Waals surface area contributed by atoms with E-state index < -0.39 is 27.0 Å². The van der Waals surface area contributed by atoms with Gasteiger partial charge >= 0.3 is 6.18 Å². The molecule has 0 spiro atoms. The first-order valence-corrected chi connectivity index (χ1v) is 8.85. The molecular formula is C16H15F3N2O2S. The minimum absolute atomic E-state index is 0.0240. The van der Waals surface area contributed by atoms with Gasteiger partial charge in [-0.25, -0.2) is 8.42 Å². The SMILES string of the molecule is O=S1(=O)[C@H](c2ccccc2)CCN1Cc1ccc(C(F)(F)F)cn1. The Morgan fingerprint density at radius 1 is 1.12 bits per heavy atom. The summed E-state index contributed by atoms with van der Waals surface area (Å²) in [4.78, 5) is 3.75. The molecule has 8 heteroatoms. The van der Waals surface area contributed by atoms with E-state index in [4.69, 9.17) is 0 Å². The Morgan fingerprint density at radius 3 is 2.42 bits per heavy atom.